The van der Waals surface area contributed by atoms with Crippen molar-refractivity contribution < 1.29 is 4.79 Å². The van der Waals surface area contributed by atoms with Gasteiger partial charge in [0.2, 0.25) is 0 Å². The molecule has 0 radical (unpaired) electrons. The van der Waals surface area contributed by atoms with E-state index in [4.69, 9.17) is 10.7 Å². The van der Waals surface area contributed by atoms with E-state index in [1.54, 1.807) is 0 Å². The minimum Gasteiger partial charge on any atom is -0.365 e. The maximum absolute atomic E-state index is 11.3. The first-order valence-corrected chi connectivity index (χ1v) is 8.63. The fourth-order valence-corrected chi connectivity index (χ4v) is 4.69. The van der Waals surface area contributed by atoms with Gasteiger partial charge in [-0.1, -0.05) is 13.0 Å². The second-order valence-electron chi connectivity index (χ2n) is 6.23. The number of hydrogen-bond acceptors (Lipinski definition) is 5. The number of nitrogens with zero attached hydrogens (tertiary/aromatic N) is 3. The Kier molecular flexibility index (Phi) is 3.40. The number of hydrogen-bond donors (Lipinski definition) is 1. The summed E-state index contributed by atoms with van der Waals surface area (Å²) in [6, 6.07) is 7.35. The summed E-state index contributed by atoms with van der Waals surface area (Å²) in [6.07, 6.45) is 1.29. The lowest BCUT2D eigenvalue weighted by Gasteiger charge is -2.33. The number of carbonyl (C=O) groups excluding carboxylic acids is 1. The number of aromatic nitrogens is 1. The van der Waals surface area contributed by atoms with Gasteiger partial charge in [-0.2, -0.15) is 0 Å². The lowest BCUT2D eigenvalue weighted by atomic mass is 10.2. The van der Waals surface area contributed by atoms with Crippen molar-refractivity contribution in [2.75, 3.05) is 19.6 Å². The van der Waals surface area contributed by atoms with Crippen LogP contribution in [0.2, 0.25) is 0 Å². The van der Waals surface area contributed by atoms with Gasteiger partial charge in [0.05, 0.1) is 10.6 Å². The van der Waals surface area contributed by atoms with Gasteiger partial charge in [0.15, 0.2) is 0 Å². The summed E-state index contributed by atoms with van der Waals surface area (Å²) < 4.78 is 0. The number of rotatable bonds is 4. The van der Waals surface area contributed by atoms with E-state index in [2.05, 4.69) is 22.8 Å². The molecule has 6 heteroatoms. The molecule has 2 aromatic heterocycles. The van der Waals surface area contributed by atoms with E-state index < -0.39 is 0 Å². The van der Waals surface area contributed by atoms with E-state index in [1.165, 1.54) is 24.3 Å². The Morgan fingerprint density at radius 3 is 2.82 bits per heavy atom. The van der Waals surface area contributed by atoms with Gasteiger partial charge in [-0.05, 0) is 25.1 Å². The number of likely N-dealkylation sites (tertiary alicyclic amines) is 2. The second kappa shape index (κ2) is 5.30. The van der Waals surface area contributed by atoms with Crippen LogP contribution in [0.3, 0.4) is 0 Å². The average molecular weight is 316 g/mol. The van der Waals surface area contributed by atoms with Crippen LogP contribution in [0.1, 0.15) is 28.7 Å². The fraction of sp³-hybridized carbons (Fsp3) is 0.500. The van der Waals surface area contributed by atoms with E-state index >= 15 is 0 Å². The highest BCUT2D eigenvalue weighted by molar-refractivity contribution is 7.20. The van der Waals surface area contributed by atoms with E-state index in [0.717, 1.165) is 41.6 Å². The third kappa shape index (κ3) is 2.31. The van der Waals surface area contributed by atoms with Crippen molar-refractivity contribution in [1.29, 1.82) is 0 Å². The molecule has 116 valence electrons. The molecule has 1 amide bonds. The molecule has 0 aliphatic carbocycles. The van der Waals surface area contributed by atoms with Crippen LogP contribution in [0.25, 0.3) is 10.2 Å². The summed E-state index contributed by atoms with van der Waals surface area (Å²) in [4.78, 5) is 22.6. The van der Waals surface area contributed by atoms with Gasteiger partial charge in [-0.3, -0.25) is 14.6 Å². The number of amides is 1. The van der Waals surface area contributed by atoms with E-state index in [-0.39, 0.29) is 5.91 Å². The van der Waals surface area contributed by atoms with Gasteiger partial charge in [-0.15, -0.1) is 11.3 Å². The summed E-state index contributed by atoms with van der Waals surface area (Å²) >= 11 is 1.38. The Balaban J connectivity index is 1.52. The van der Waals surface area contributed by atoms with E-state index in [9.17, 15) is 4.79 Å². The quantitative estimate of drug-likeness (QED) is 0.932. The van der Waals surface area contributed by atoms with Gasteiger partial charge in [0.1, 0.15) is 4.83 Å². The largest absolute Gasteiger partial charge is 0.365 e. The number of fused-ring (bicyclic) bond motifs is 3. The molecular formula is C16H20N4OS. The number of likely N-dealkylation sites (N-methyl/N-ethyl adjacent to an activating group) is 1. The van der Waals surface area contributed by atoms with Crippen molar-refractivity contribution in [3.05, 3.63) is 28.8 Å². The zero-order valence-electron chi connectivity index (χ0n) is 12.7. The number of pyridine rings is 1. The second-order valence-corrected chi connectivity index (χ2v) is 7.26. The van der Waals surface area contributed by atoms with E-state index in [1.807, 2.05) is 12.1 Å². The van der Waals surface area contributed by atoms with Crippen LogP contribution < -0.4 is 5.73 Å². The minimum absolute atomic E-state index is 0.374. The first-order valence-electron chi connectivity index (χ1n) is 7.81. The van der Waals surface area contributed by atoms with Crippen molar-refractivity contribution in [3.8, 4) is 0 Å². The van der Waals surface area contributed by atoms with Crippen LogP contribution >= 0.6 is 11.3 Å². The molecule has 22 heavy (non-hydrogen) atoms. The number of primary amides is 1. The highest BCUT2D eigenvalue weighted by Gasteiger charge is 2.42. The Morgan fingerprint density at radius 2 is 2.14 bits per heavy atom. The molecular weight excluding hydrogens is 296 g/mol. The molecule has 2 aromatic rings. The molecule has 4 rings (SSSR count). The lowest BCUT2D eigenvalue weighted by molar-refractivity contribution is 0.100. The van der Waals surface area contributed by atoms with E-state index in [0.29, 0.717) is 10.9 Å². The molecule has 0 saturated carbocycles. The van der Waals surface area contributed by atoms with Crippen molar-refractivity contribution in [3.63, 3.8) is 0 Å². The van der Waals surface area contributed by atoms with Gasteiger partial charge in [0.25, 0.3) is 5.91 Å². The summed E-state index contributed by atoms with van der Waals surface area (Å²) in [6.45, 7) is 6.64. The maximum atomic E-state index is 11.3. The SMILES string of the molecule is CCN1C[C@@H]2C[C@H]1CN2Cc1ccc2cc(C(N)=O)sc2n1. The Bertz CT molecular complexity index is 728. The zero-order valence-corrected chi connectivity index (χ0v) is 13.5. The molecule has 2 atom stereocenters. The van der Waals surface area contributed by atoms with Crippen LogP contribution in [-0.4, -0.2) is 52.4 Å². The molecule has 2 aliphatic rings. The number of piperazine rings is 1. The Hall–Kier alpha value is -1.50. The van der Waals surface area contributed by atoms with Gasteiger partial charge < -0.3 is 5.73 Å². The van der Waals surface area contributed by atoms with Crippen molar-refractivity contribution in [1.82, 2.24) is 14.8 Å². The number of nitrogens with two attached hydrogens (primary N) is 1. The molecule has 2 N–H and O–H groups in total. The van der Waals surface area contributed by atoms with Crippen molar-refractivity contribution in [2.24, 2.45) is 5.73 Å². The average Bonchev–Trinajstić information content (AvgIpc) is 3.19. The van der Waals surface area contributed by atoms with Crippen LogP contribution in [0.4, 0.5) is 0 Å². The van der Waals surface area contributed by atoms with Crippen LogP contribution in [0.5, 0.6) is 0 Å². The van der Waals surface area contributed by atoms with Gasteiger partial charge in [-0.25, -0.2) is 4.98 Å². The molecule has 4 heterocycles. The first-order chi connectivity index (χ1) is 10.6. The zero-order chi connectivity index (χ0) is 15.3. The molecule has 2 aliphatic heterocycles. The van der Waals surface area contributed by atoms with Gasteiger partial charge in [0, 0.05) is 37.1 Å². The van der Waals surface area contributed by atoms with Crippen molar-refractivity contribution in [2.45, 2.75) is 32.0 Å². The highest BCUT2D eigenvalue weighted by atomic mass is 32.1. The number of carbonyl (C=O) groups is 1. The first kappa shape index (κ1) is 14.1. The normalized spacial score (nSPS) is 25.3. The Morgan fingerprint density at radius 1 is 1.36 bits per heavy atom. The topological polar surface area (TPSA) is 62.5 Å². The fourth-order valence-electron chi connectivity index (χ4n) is 3.79. The molecule has 2 bridgehead atoms. The third-order valence-electron chi connectivity index (χ3n) is 4.92. The molecule has 2 saturated heterocycles. The summed E-state index contributed by atoms with van der Waals surface area (Å²) in [5, 5.41) is 1.00. The predicted molar refractivity (Wildman–Crippen MR) is 88.0 cm³/mol. The molecule has 0 unspecified atom stereocenters. The standard InChI is InChI=1S/C16H20N4OS/c1-2-19-8-13-6-12(19)9-20(13)7-11-4-3-10-5-14(15(17)21)22-16(10)18-11/h3-5,12-13H,2,6-9H2,1H3,(H2,17,21)/t12-,13-/m0/s1. The molecule has 0 aromatic carbocycles. The molecule has 5 nitrogen and oxygen atoms in total. The van der Waals surface area contributed by atoms with Crippen LogP contribution in [0.15, 0.2) is 18.2 Å². The summed E-state index contributed by atoms with van der Waals surface area (Å²) in [5.41, 5.74) is 6.43. The molecule has 2 fully saturated rings. The third-order valence-corrected chi connectivity index (χ3v) is 5.98. The predicted octanol–water partition coefficient (Wildman–Crippen LogP) is 1.67. The van der Waals surface area contributed by atoms with Gasteiger partial charge >= 0.3 is 0 Å². The minimum atomic E-state index is -0.374. The monoisotopic (exact) mass is 316 g/mol. The lowest BCUT2D eigenvalue weighted by Crippen LogP contribution is -2.45. The summed E-state index contributed by atoms with van der Waals surface area (Å²) in [5.74, 6) is -0.374. The van der Waals surface area contributed by atoms with Crippen LogP contribution in [-0.2, 0) is 6.54 Å². The molecule has 0 spiro atoms. The van der Waals surface area contributed by atoms with Crippen LogP contribution in [0, 0.1) is 0 Å². The highest BCUT2D eigenvalue weighted by Crippen LogP contribution is 2.32. The maximum Gasteiger partial charge on any atom is 0.258 e. The Labute approximate surface area is 133 Å². The summed E-state index contributed by atoms with van der Waals surface area (Å²) in [7, 11) is 0. The number of thiophene rings is 1. The smallest absolute Gasteiger partial charge is 0.258 e. The van der Waals surface area contributed by atoms with Crippen molar-refractivity contribution >= 4 is 27.5 Å².